The van der Waals surface area contributed by atoms with Gasteiger partial charge in [-0.05, 0) is 44.4 Å². The number of rotatable bonds is 5. The highest BCUT2D eigenvalue weighted by Gasteiger charge is 2.28. The van der Waals surface area contributed by atoms with Crippen molar-refractivity contribution in [3.63, 3.8) is 0 Å². The molecule has 1 fully saturated rings. The first-order valence-electron chi connectivity index (χ1n) is 7.49. The van der Waals surface area contributed by atoms with Crippen LogP contribution >= 0.6 is 11.6 Å². The van der Waals surface area contributed by atoms with Crippen LogP contribution in [-0.4, -0.2) is 30.3 Å². The third kappa shape index (κ3) is 3.87. The van der Waals surface area contributed by atoms with Gasteiger partial charge in [0.25, 0.3) is 0 Å². The van der Waals surface area contributed by atoms with Crippen molar-refractivity contribution in [3.05, 3.63) is 28.8 Å². The number of hydrogen-bond donors (Lipinski definition) is 2. The number of nitrogens with zero attached hydrogens (tertiary/aromatic N) is 1. The number of anilines is 1. The van der Waals surface area contributed by atoms with Crippen molar-refractivity contribution in [2.24, 2.45) is 0 Å². The summed E-state index contributed by atoms with van der Waals surface area (Å²) in [4.78, 5) is 2.31. The van der Waals surface area contributed by atoms with Crippen LogP contribution < -0.4 is 10.2 Å². The molecule has 0 bridgehead atoms. The van der Waals surface area contributed by atoms with Gasteiger partial charge in [0.2, 0.25) is 0 Å². The van der Waals surface area contributed by atoms with Gasteiger partial charge in [0, 0.05) is 19.6 Å². The van der Waals surface area contributed by atoms with E-state index in [2.05, 4.69) is 23.2 Å². The van der Waals surface area contributed by atoms with Gasteiger partial charge in [0.1, 0.15) is 0 Å². The summed E-state index contributed by atoms with van der Waals surface area (Å²) < 4.78 is 0. The van der Waals surface area contributed by atoms with E-state index in [1.807, 2.05) is 19.1 Å². The normalized spacial score (nSPS) is 18.3. The van der Waals surface area contributed by atoms with Gasteiger partial charge in [-0.1, -0.05) is 30.7 Å². The molecule has 1 heterocycles. The first kappa shape index (κ1) is 15.6. The van der Waals surface area contributed by atoms with E-state index in [1.165, 1.54) is 5.56 Å². The predicted molar refractivity (Wildman–Crippen MR) is 85.5 cm³/mol. The van der Waals surface area contributed by atoms with Gasteiger partial charge in [0.15, 0.2) is 0 Å². The molecular formula is C16H25ClN2O. The molecule has 112 valence electrons. The van der Waals surface area contributed by atoms with Gasteiger partial charge in [-0.2, -0.15) is 0 Å². The van der Waals surface area contributed by atoms with Crippen LogP contribution in [0.4, 0.5) is 5.69 Å². The zero-order valence-electron chi connectivity index (χ0n) is 12.5. The molecular weight excluding hydrogens is 272 g/mol. The summed E-state index contributed by atoms with van der Waals surface area (Å²) in [6, 6.07) is 6.10. The Kier molecular flexibility index (Phi) is 5.30. The van der Waals surface area contributed by atoms with Crippen LogP contribution in [0.2, 0.25) is 5.02 Å². The topological polar surface area (TPSA) is 35.5 Å². The largest absolute Gasteiger partial charge is 0.390 e. The highest BCUT2D eigenvalue weighted by atomic mass is 35.5. The Bertz CT molecular complexity index is 438. The standard InChI is InChI=1S/C16H25ClN2O/c1-3-9-18-12-13-5-4-6-14(17)15(13)19-10-7-16(2,20)8-11-19/h4-6,18,20H,3,7-12H2,1-2H3. The molecule has 0 radical (unpaired) electrons. The SMILES string of the molecule is CCCNCc1cccc(Cl)c1N1CCC(C)(O)CC1. The van der Waals surface area contributed by atoms with E-state index in [0.717, 1.165) is 56.2 Å². The minimum atomic E-state index is -0.529. The van der Waals surface area contributed by atoms with Gasteiger partial charge in [-0.3, -0.25) is 0 Å². The van der Waals surface area contributed by atoms with Crippen molar-refractivity contribution in [1.82, 2.24) is 5.32 Å². The van der Waals surface area contributed by atoms with Crippen molar-refractivity contribution in [1.29, 1.82) is 0 Å². The molecule has 1 aliphatic heterocycles. The molecule has 0 atom stereocenters. The number of piperidine rings is 1. The molecule has 2 N–H and O–H groups in total. The van der Waals surface area contributed by atoms with Crippen LogP contribution in [0.1, 0.15) is 38.7 Å². The highest BCUT2D eigenvalue weighted by molar-refractivity contribution is 6.33. The van der Waals surface area contributed by atoms with Crippen LogP contribution in [0.25, 0.3) is 0 Å². The Labute approximate surface area is 126 Å². The maximum atomic E-state index is 10.1. The van der Waals surface area contributed by atoms with E-state index in [9.17, 15) is 5.11 Å². The van der Waals surface area contributed by atoms with Crippen molar-refractivity contribution >= 4 is 17.3 Å². The zero-order chi connectivity index (χ0) is 14.6. The number of nitrogens with one attached hydrogen (secondary N) is 1. The number of para-hydroxylation sites is 1. The summed E-state index contributed by atoms with van der Waals surface area (Å²) in [6.45, 7) is 7.66. The summed E-state index contributed by atoms with van der Waals surface area (Å²) in [6.07, 6.45) is 2.71. The molecule has 1 aromatic carbocycles. The van der Waals surface area contributed by atoms with Crippen LogP contribution in [0.3, 0.4) is 0 Å². The molecule has 1 aromatic rings. The third-order valence-corrected chi connectivity index (χ3v) is 4.27. The molecule has 0 aliphatic carbocycles. The molecule has 0 amide bonds. The lowest BCUT2D eigenvalue weighted by Gasteiger charge is -2.38. The summed E-state index contributed by atoms with van der Waals surface area (Å²) in [5.41, 5.74) is 1.85. The van der Waals surface area contributed by atoms with E-state index >= 15 is 0 Å². The monoisotopic (exact) mass is 296 g/mol. The Balaban J connectivity index is 2.13. The molecule has 3 nitrogen and oxygen atoms in total. The number of hydrogen-bond acceptors (Lipinski definition) is 3. The van der Waals surface area contributed by atoms with Gasteiger partial charge >= 0.3 is 0 Å². The minimum Gasteiger partial charge on any atom is -0.390 e. The Morgan fingerprint density at radius 3 is 2.70 bits per heavy atom. The zero-order valence-corrected chi connectivity index (χ0v) is 13.2. The fourth-order valence-electron chi connectivity index (χ4n) is 2.67. The average Bonchev–Trinajstić information content (AvgIpc) is 2.40. The first-order chi connectivity index (χ1) is 9.53. The van der Waals surface area contributed by atoms with Crippen molar-refractivity contribution < 1.29 is 5.11 Å². The fourth-order valence-corrected chi connectivity index (χ4v) is 2.98. The molecule has 1 aliphatic rings. The van der Waals surface area contributed by atoms with E-state index < -0.39 is 5.60 Å². The van der Waals surface area contributed by atoms with Crippen LogP contribution in [0, 0.1) is 0 Å². The van der Waals surface area contributed by atoms with Gasteiger partial charge < -0.3 is 15.3 Å². The molecule has 0 saturated carbocycles. The lowest BCUT2D eigenvalue weighted by Crippen LogP contribution is -2.43. The lowest BCUT2D eigenvalue weighted by atomic mass is 9.93. The van der Waals surface area contributed by atoms with Gasteiger partial charge in [-0.25, -0.2) is 0 Å². The van der Waals surface area contributed by atoms with Crippen molar-refractivity contribution in [2.45, 2.75) is 45.3 Å². The molecule has 20 heavy (non-hydrogen) atoms. The predicted octanol–water partition coefficient (Wildman–Crippen LogP) is 3.19. The maximum absolute atomic E-state index is 10.1. The minimum absolute atomic E-state index is 0.529. The van der Waals surface area contributed by atoms with E-state index in [1.54, 1.807) is 0 Å². The summed E-state index contributed by atoms with van der Waals surface area (Å²) in [5.74, 6) is 0. The van der Waals surface area contributed by atoms with E-state index in [-0.39, 0.29) is 0 Å². The second kappa shape index (κ2) is 6.79. The van der Waals surface area contributed by atoms with E-state index in [0.29, 0.717) is 0 Å². The Morgan fingerprint density at radius 2 is 2.05 bits per heavy atom. The van der Waals surface area contributed by atoms with Crippen LogP contribution in [0.15, 0.2) is 18.2 Å². The molecule has 0 spiro atoms. The maximum Gasteiger partial charge on any atom is 0.0653 e. The summed E-state index contributed by atoms with van der Waals surface area (Å²) in [7, 11) is 0. The molecule has 4 heteroatoms. The number of halogens is 1. The quantitative estimate of drug-likeness (QED) is 0.819. The summed E-state index contributed by atoms with van der Waals surface area (Å²) >= 11 is 6.41. The molecule has 0 unspecified atom stereocenters. The molecule has 0 aromatic heterocycles. The summed E-state index contributed by atoms with van der Waals surface area (Å²) in [5, 5.41) is 14.3. The van der Waals surface area contributed by atoms with Crippen molar-refractivity contribution in [2.75, 3.05) is 24.5 Å². The third-order valence-electron chi connectivity index (χ3n) is 3.97. The number of aliphatic hydroxyl groups is 1. The lowest BCUT2D eigenvalue weighted by molar-refractivity contribution is 0.0351. The second-order valence-electron chi connectivity index (χ2n) is 5.91. The second-order valence-corrected chi connectivity index (χ2v) is 6.32. The van der Waals surface area contributed by atoms with Crippen LogP contribution in [-0.2, 0) is 6.54 Å². The van der Waals surface area contributed by atoms with Crippen LogP contribution in [0.5, 0.6) is 0 Å². The molecule has 1 saturated heterocycles. The van der Waals surface area contributed by atoms with Gasteiger partial charge in [0.05, 0.1) is 16.3 Å². The van der Waals surface area contributed by atoms with Gasteiger partial charge in [-0.15, -0.1) is 0 Å². The first-order valence-corrected chi connectivity index (χ1v) is 7.87. The smallest absolute Gasteiger partial charge is 0.0653 e. The molecule has 2 rings (SSSR count). The van der Waals surface area contributed by atoms with E-state index in [4.69, 9.17) is 11.6 Å². The fraction of sp³-hybridized carbons (Fsp3) is 0.625. The Morgan fingerprint density at radius 1 is 1.35 bits per heavy atom. The van der Waals surface area contributed by atoms with Crippen molar-refractivity contribution in [3.8, 4) is 0 Å². The average molecular weight is 297 g/mol. The highest BCUT2D eigenvalue weighted by Crippen LogP contribution is 2.33. The number of benzene rings is 1. The Hall–Kier alpha value is -0.770.